The lowest BCUT2D eigenvalue weighted by Crippen LogP contribution is -2.00. The van der Waals surface area contributed by atoms with Crippen LogP contribution in [0.5, 0.6) is 0 Å². The number of aromatic amines is 1. The van der Waals surface area contributed by atoms with E-state index in [0.717, 1.165) is 83.2 Å². The Morgan fingerprint density at radius 3 is 2.11 bits per heavy atom. The molecule has 0 aliphatic rings. The van der Waals surface area contributed by atoms with Gasteiger partial charge in [-0.1, -0.05) is 109 Å². The Morgan fingerprint density at radius 1 is 0.509 bits per heavy atom. The summed E-state index contributed by atoms with van der Waals surface area (Å²) in [4.78, 5) is 9.08. The summed E-state index contributed by atoms with van der Waals surface area (Å²) in [6.07, 6.45) is 0. The highest BCUT2D eigenvalue weighted by atomic mass is 32.1. The first kappa shape index (κ1) is 30.6. The first-order chi connectivity index (χ1) is 28.3. The highest BCUT2D eigenvalue weighted by Gasteiger charge is 2.24. The summed E-state index contributed by atoms with van der Waals surface area (Å²) in [5, 5.41) is 18.3. The lowest BCUT2D eigenvalue weighted by Gasteiger charge is -2.14. The molecule has 13 rings (SSSR count). The van der Waals surface area contributed by atoms with Crippen molar-refractivity contribution in [3.05, 3.63) is 169 Å². The van der Waals surface area contributed by atoms with Gasteiger partial charge in [0.15, 0.2) is 0 Å². The summed E-state index contributed by atoms with van der Waals surface area (Å²) in [5.74, 6) is 0.863. The minimum absolute atomic E-state index is 0.632. The van der Waals surface area contributed by atoms with Crippen LogP contribution in [0, 0.1) is 11.3 Å². The van der Waals surface area contributed by atoms with Crippen LogP contribution in [-0.4, -0.2) is 23.5 Å². The van der Waals surface area contributed by atoms with Crippen LogP contribution >= 0.6 is 11.3 Å². The van der Waals surface area contributed by atoms with Crippen LogP contribution in [0.15, 0.2) is 164 Å². The molecule has 264 valence electrons. The van der Waals surface area contributed by atoms with E-state index >= 15 is 0 Å². The van der Waals surface area contributed by atoms with E-state index in [0.29, 0.717) is 5.56 Å². The second-order valence-electron chi connectivity index (χ2n) is 14.7. The fourth-order valence-electron chi connectivity index (χ4n) is 9.47. The van der Waals surface area contributed by atoms with Gasteiger partial charge < -0.3 is 9.55 Å². The van der Waals surface area contributed by atoms with Gasteiger partial charge in [0, 0.05) is 53.8 Å². The lowest BCUT2D eigenvalue weighted by atomic mass is 9.96. The molecular formula is C50H28N6S. The zero-order chi connectivity index (χ0) is 37.4. The Balaban J connectivity index is 1.11. The maximum Gasteiger partial charge on any atom is 0.220 e. The highest BCUT2D eigenvalue weighted by molar-refractivity contribution is 7.26. The number of fused-ring (bicyclic) bond motifs is 16. The largest absolute Gasteiger partial charge is 0.352 e. The minimum atomic E-state index is 0.632. The van der Waals surface area contributed by atoms with Crippen molar-refractivity contribution in [3.8, 4) is 28.6 Å². The third-order valence-corrected chi connectivity index (χ3v) is 13.0. The first-order valence-corrected chi connectivity index (χ1v) is 19.9. The van der Waals surface area contributed by atoms with Crippen molar-refractivity contribution in [1.82, 2.24) is 23.5 Å². The molecule has 5 aromatic heterocycles. The van der Waals surface area contributed by atoms with Gasteiger partial charge in [-0.2, -0.15) is 5.26 Å². The molecule has 8 aromatic carbocycles. The number of nitriles is 1. The van der Waals surface area contributed by atoms with Gasteiger partial charge in [0.2, 0.25) is 5.78 Å². The van der Waals surface area contributed by atoms with Crippen molar-refractivity contribution in [2.75, 3.05) is 0 Å². The third kappa shape index (κ3) is 3.99. The molecule has 5 heterocycles. The molecule has 0 saturated carbocycles. The molecule has 6 nitrogen and oxygen atoms in total. The average molecular weight is 745 g/mol. The van der Waals surface area contributed by atoms with Crippen molar-refractivity contribution in [1.29, 1.82) is 5.26 Å². The van der Waals surface area contributed by atoms with Crippen molar-refractivity contribution in [2.24, 2.45) is 0 Å². The molecular weight excluding hydrogens is 717 g/mol. The van der Waals surface area contributed by atoms with Gasteiger partial charge in [-0.05, 0) is 54.6 Å². The summed E-state index contributed by atoms with van der Waals surface area (Å²) in [6, 6.07) is 60.3. The Labute approximate surface area is 328 Å². The maximum atomic E-state index is 11.2. The SMILES string of the molecule is N#Cc1c(-c2cccc3c2[nH]c2c3ccc3c2n(-c2ccccc2)c2nc4ccccc4n32)cccc1-n1c2ccccc2c2ccc3c4ccccc4sc3c21. The van der Waals surface area contributed by atoms with Crippen LogP contribution in [0.2, 0.25) is 0 Å². The smallest absolute Gasteiger partial charge is 0.220 e. The number of nitrogens with one attached hydrogen (secondary N) is 1. The monoisotopic (exact) mass is 744 g/mol. The molecule has 7 heteroatoms. The average Bonchev–Trinajstić information content (AvgIpc) is 4.07. The molecule has 0 saturated heterocycles. The molecule has 0 aliphatic heterocycles. The number of aromatic nitrogens is 5. The predicted molar refractivity (Wildman–Crippen MR) is 236 cm³/mol. The summed E-state index contributed by atoms with van der Waals surface area (Å²) >= 11 is 1.82. The van der Waals surface area contributed by atoms with E-state index < -0.39 is 0 Å². The second-order valence-corrected chi connectivity index (χ2v) is 15.8. The number of hydrogen-bond acceptors (Lipinski definition) is 3. The number of rotatable bonds is 3. The van der Waals surface area contributed by atoms with Gasteiger partial charge in [-0.3, -0.25) is 8.97 Å². The van der Waals surface area contributed by atoms with Gasteiger partial charge in [-0.15, -0.1) is 11.3 Å². The van der Waals surface area contributed by atoms with E-state index in [-0.39, 0.29) is 0 Å². The van der Waals surface area contributed by atoms with Crippen LogP contribution < -0.4 is 0 Å². The molecule has 0 spiro atoms. The standard InChI is InChI=1S/C50H28N6S/c51-28-38-30(16-11-22-41(38)55-40-20-7-4-14-31(40)36-24-25-37-32-15-5-9-23-44(32)57-49(37)47(36)55)33-17-10-18-34-35-26-27-43-48(46(35)53-45(33)34)54(29-12-2-1-3-13-29)50-52-39-19-6-8-21-42(39)56(43)50/h1-27,53H. The number of hydrogen-bond donors (Lipinski definition) is 1. The van der Waals surface area contributed by atoms with E-state index in [9.17, 15) is 5.26 Å². The zero-order valence-electron chi connectivity index (χ0n) is 30.2. The Morgan fingerprint density at radius 2 is 1.21 bits per heavy atom. The molecule has 1 N–H and O–H groups in total. The molecule has 0 bridgehead atoms. The van der Waals surface area contributed by atoms with Crippen LogP contribution in [0.3, 0.4) is 0 Å². The number of nitrogens with zero attached hydrogens (tertiary/aromatic N) is 5. The van der Waals surface area contributed by atoms with Crippen LogP contribution in [-0.2, 0) is 0 Å². The molecule has 57 heavy (non-hydrogen) atoms. The number of thiophene rings is 1. The van der Waals surface area contributed by atoms with Gasteiger partial charge in [0.05, 0.1) is 60.1 Å². The molecule has 0 unspecified atom stereocenters. The Kier molecular flexibility index (Phi) is 6.02. The first-order valence-electron chi connectivity index (χ1n) is 19.0. The van der Waals surface area contributed by atoms with E-state index in [1.807, 2.05) is 23.5 Å². The Bertz CT molecular complexity index is 3880. The number of benzene rings is 8. The van der Waals surface area contributed by atoms with Gasteiger partial charge >= 0.3 is 0 Å². The van der Waals surface area contributed by atoms with E-state index in [1.165, 1.54) is 30.9 Å². The van der Waals surface area contributed by atoms with Crippen LogP contribution in [0.4, 0.5) is 0 Å². The van der Waals surface area contributed by atoms with Gasteiger partial charge in [-0.25, -0.2) is 4.98 Å². The Hall–Kier alpha value is -7.66. The topological polar surface area (TPSA) is 66.7 Å². The number of imidazole rings is 2. The van der Waals surface area contributed by atoms with Crippen LogP contribution in [0.25, 0.3) is 114 Å². The van der Waals surface area contributed by atoms with Gasteiger partial charge in [0.25, 0.3) is 0 Å². The molecule has 0 amide bonds. The minimum Gasteiger partial charge on any atom is -0.352 e. The van der Waals surface area contributed by atoms with Crippen LogP contribution in [0.1, 0.15) is 5.56 Å². The van der Waals surface area contributed by atoms with E-state index in [4.69, 9.17) is 4.98 Å². The second kappa shape index (κ2) is 11.2. The normalized spacial score (nSPS) is 12.2. The molecule has 0 radical (unpaired) electrons. The fraction of sp³-hybridized carbons (Fsp3) is 0. The third-order valence-electron chi connectivity index (χ3n) is 11.8. The van der Waals surface area contributed by atoms with E-state index in [2.05, 4.69) is 176 Å². The highest BCUT2D eigenvalue weighted by Crippen LogP contribution is 2.45. The number of para-hydroxylation sites is 5. The fourth-order valence-corrected chi connectivity index (χ4v) is 10.7. The van der Waals surface area contributed by atoms with Gasteiger partial charge in [0.1, 0.15) is 6.07 Å². The van der Waals surface area contributed by atoms with Crippen molar-refractivity contribution >= 4 is 103 Å². The molecule has 0 atom stereocenters. The number of H-pyrrole nitrogens is 1. The summed E-state index contributed by atoms with van der Waals surface area (Å²) in [5.41, 5.74) is 12.8. The van der Waals surface area contributed by atoms with Crippen molar-refractivity contribution in [3.63, 3.8) is 0 Å². The van der Waals surface area contributed by atoms with E-state index in [1.54, 1.807) is 0 Å². The quantitative estimate of drug-likeness (QED) is 0.196. The summed E-state index contributed by atoms with van der Waals surface area (Å²) < 4.78 is 9.34. The predicted octanol–water partition coefficient (Wildman–Crippen LogP) is 13.1. The zero-order valence-corrected chi connectivity index (χ0v) is 31.0. The lowest BCUT2D eigenvalue weighted by molar-refractivity contribution is 1.11. The van der Waals surface area contributed by atoms with Crippen molar-refractivity contribution < 1.29 is 0 Å². The van der Waals surface area contributed by atoms with Crippen molar-refractivity contribution in [2.45, 2.75) is 0 Å². The summed E-state index contributed by atoms with van der Waals surface area (Å²) in [6.45, 7) is 0. The summed E-state index contributed by atoms with van der Waals surface area (Å²) in [7, 11) is 0. The molecule has 13 aromatic rings. The molecule has 0 fully saturated rings. The molecule has 0 aliphatic carbocycles. The maximum absolute atomic E-state index is 11.2.